The SMILES string of the molecule is CC(=O)NCCCNC(=O)N1CC(C)CC1c1cccc(F)c1. The van der Waals surface area contributed by atoms with E-state index in [1.807, 2.05) is 6.07 Å². The molecule has 2 rings (SSSR count). The van der Waals surface area contributed by atoms with Gasteiger partial charge in [0.05, 0.1) is 6.04 Å². The fourth-order valence-electron chi connectivity index (χ4n) is 2.95. The molecule has 2 N–H and O–H groups in total. The normalized spacial score (nSPS) is 20.4. The molecular weight excluding hydrogens is 297 g/mol. The monoisotopic (exact) mass is 321 g/mol. The Balaban J connectivity index is 1.91. The van der Waals surface area contributed by atoms with Crippen molar-refractivity contribution in [2.24, 2.45) is 5.92 Å². The van der Waals surface area contributed by atoms with Crippen molar-refractivity contribution in [3.8, 4) is 0 Å². The van der Waals surface area contributed by atoms with Gasteiger partial charge in [0.15, 0.2) is 0 Å². The van der Waals surface area contributed by atoms with Gasteiger partial charge in [-0.1, -0.05) is 19.1 Å². The Kier molecular flexibility index (Phi) is 5.96. The summed E-state index contributed by atoms with van der Waals surface area (Å²) >= 11 is 0. The van der Waals surface area contributed by atoms with E-state index >= 15 is 0 Å². The van der Waals surface area contributed by atoms with Crippen LogP contribution >= 0.6 is 0 Å². The van der Waals surface area contributed by atoms with Gasteiger partial charge in [-0.05, 0) is 36.5 Å². The Bertz CT molecular complexity index is 565. The molecule has 1 saturated heterocycles. The second-order valence-electron chi connectivity index (χ2n) is 6.13. The predicted molar refractivity (Wildman–Crippen MR) is 86.3 cm³/mol. The summed E-state index contributed by atoms with van der Waals surface area (Å²) in [4.78, 5) is 24.9. The van der Waals surface area contributed by atoms with Crippen molar-refractivity contribution in [3.63, 3.8) is 0 Å². The van der Waals surface area contributed by atoms with Gasteiger partial charge in [-0.15, -0.1) is 0 Å². The molecule has 23 heavy (non-hydrogen) atoms. The number of hydrogen-bond donors (Lipinski definition) is 2. The average Bonchev–Trinajstić information content (AvgIpc) is 2.88. The van der Waals surface area contributed by atoms with Crippen LogP contribution in [0, 0.1) is 11.7 Å². The number of likely N-dealkylation sites (tertiary alicyclic amines) is 1. The summed E-state index contributed by atoms with van der Waals surface area (Å²) in [6, 6.07) is 6.23. The minimum Gasteiger partial charge on any atom is -0.356 e. The Morgan fingerprint density at radius 3 is 2.74 bits per heavy atom. The number of halogens is 1. The molecule has 0 radical (unpaired) electrons. The summed E-state index contributed by atoms with van der Waals surface area (Å²) in [5.41, 5.74) is 0.836. The number of amides is 3. The molecule has 1 aliphatic heterocycles. The minimum absolute atomic E-state index is 0.0733. The van der Waals surface area contributed by atoms with Gasteiger partial charge in [0, 0.05) is 26.6 Å². The summed E-state index contributed by atoms with van der Waals surface area (Å²) in [7, 11) is 0. The van der Waals surface area contributed by atoms with Crippen molar-refractivity contribution in [3.05, 3.63) is 35.6 Å². The van der Waals surface area contributed by atoms with E-state index in [0.717, 1.165) is 12.0 Å². The van der Waals surface area contributed by atoms with E-state index in [0.29, 0.717) is 32.0 Å². The molecule has 0 aromatic heterocycles. The van der Waals surface area contributed by atoms with Crippen LogP contribution in [0.2, 0.25) is 0 Å². The Morgan fingerprint density at radius 1 is 1.30 bits per heavy atom. The van der Waals surface area contributed by atoms with Crippen LogP contribution in [0.4, 0.5) is 9.18 Å². The molecule has 3 amide bonds. The molecule has 1 aliphatic rings. The quantitative estimate of drug-likeness (QED) is 0.818. The third-order valence-corrected chi connectivity index (χ3v) is 4.01. The van der Waals surface area contributed by atoms with Crippen molar-refractivity contribution in [1.82, 2.24) is 15.5 Å². The third-order valence-electron chi connectivity index (χ3n) is 4.01. The number of nitrogens with one attached hydrogen (secondary N) is 2. The maximum absolute atomic E-state index is 13.4. The topological polar surface area (TPSA) is 61.4 Å². The summed E-state index contributed by atoms with van der Waals surface area (Å²) < 4.78 is 13.4. The fraction of sp³-hybridized carbons (Fsp3) is 0.529. The van der Waals surface area contributed by atoms with Crippen LogP contribution in [0.5, 0.6) is 0 Å². The maximum atomic E-state index is 13.4. The van der Waals surface area contributed by atoms with Gasteiger partial charge in [-0.2, -0.15) is 0 Å². The zero-order valence-electron chi connectivity index (χ0n) is 13.6. The highest BCUT2D eigenvalue weighted by Crippen LogP contribution is 2.35. The zero-order chi connectivity index (χ0) is 16.8. The van der Waals surface area contributed by atoms with Crippen LogP contribution < -0.4 is 10.6 Å². The highest BCUT2D eigenvalue weighted by molar-refractivity contribution is 5.75. The number of carbonyl (C=O) groups excluding carboxylic acids is 2. The minimum atomic E-state index is -0.280. The van der Waals surface area contributed by atoms with Gasteiger partial charge in [-0.3, -0.25) is 4.79 Å². The smallest absolute Gasteiger partial charge is 0.317 e. The lowest BCUT2D eigenvalue weighted by Gasteiger charge is -2.25. The molecule has 5 nitrogen and oxygen atoms in total. The van der Waals surface area contributed by atoms with E-state index in [9.17, 15) is 14.0 Å². The van der Waals surface area contributed by atoms with Crippen molar-refractivity contribution in [1.29, 1.82) is 0 Å². The predicted octanol–water partition coefficient (Wildman–Crippen LogP) is 2.44. The van der Waals surface area contributed by atoms with Crippen LogP contribution in [0.25, 0.3) is 0 Å². The second kappa shape index (κ2) is 7.94. The second-order valence-corrected chi connectivity index (χ2v) is 6.13. The van der Waals surface area contributed by atoms with Crippen LogP contribution in [-0.4, -0.2) is 36.5 Å². The third kappa shape index (κ3) is 4.94. The van der Waals surface area contributed by atoms with E-state index < -0.39 is 0 Å². The van der Waals surface area contributed by atoms with E-state index in [4.69, 9.17) is 0 Å². The molecule has 2 atom stereocenters. The van der Waals surface area contributed by atoms with Crippen LogP contribution in [0.3, 0.4) is 0 Å². The van der Waals surface area contributed by atoms with Gasteiger partial charge in [-0.25, -0.2) is 9.18 Å². The first-order valence-electron chi connectivity index (χ1n) is 8.01. The van der Waals surface area contributed by atoms with Gasteiger partial charge >= 0.3 is 6.03 Å². The molecule has 2 unspecified atom stereocenters. The molecule has 0 saturated carbocycles. The Morgan fingerprint density at radius 2 is 2.04 bits per heavy atom. The molecule has 0 bridgehead atoms. The van der Waals surface area contributed by atoms with Crippen molar-refractivity contribution in [2.75, 3.05) is 19.6 Å². The number of carbonyl (C=O) groups is 2. The lowest BCUT2D eigenvalue weighted by Crippen LogP contribution is -2.40. The van der Waals surface area contributed by atoms with Gasteiger partial charge in [0.1, 0.15) is 5.82 Å². The summed E-state index contributed by atoms with van der Waals surface area (Å²) in [6.07, 6.45) is 1.52. The van der Waals surface area contributed by atoms with E-state index in [2.05, 4.69) is 17.6 Å². The number of nitrogens with zero attached hydrogens (tertiary/aromatic N) is 1. The van der Waals surface area contributed by atoms with Crippen LogP contribution in [0.1, 0.15) is 38.3 Å². The number of hydrogen-bond acceptors (Lipinski definition) is 2. The van der Waals surface area contributed by atoms with Crippen molar-refractivity contribution in [2.45, 2.75) is 32.7 Å². The molecule has 6 heteroatoms. The van der Waals surface area contributed by atoms with Gasteiger partial charge in [0.25, 0.3) is 0 Å². The highest BCUT2D eigenvalue weighted by atomic mass is 19.1. The zero-order valence-corrected chi connectivity index (χ0v) is 13.6. The Hall–Kier alpha value is -2.11. The number of benzene rings is 1. The largest absolute Gasteiger partial charge is 0.356 e. The molecule has 126 valence electrons. The lowest BCUT2D eigenvalue weighted by molar-refractivity contribution is -0.118. The summed E-state index contributed by atoms with van der Waals surface area (Å²) in [5.74, 6) is 0.0296. The van der Waals surface area contributed by atoms with Gasteiger partial charge in [0.2, 0.25) is 5.91 Å². The highest BCUT2D eigenvalue weighted by Gasteiger charge is 2.34. The average molecular weight is 321 g/mol. The summed E-state index contributed by atoms with van der Waals surface area (Å²) in [6.45, 7) is 5.27. The number of rotatable bonds is 5. The molecule has 1 aromatic carbocycles. The lowest BCUT2D eigenvalue weighted by atomic mass is 10.0. The molecule has 0 aliphatic carbocycles. The molecule has 1 aromatic rings. The van der Waals surface area contributed by atoms with E-state index in [-0.39, 0.29) is 23.8 Å². The molecular formula is C17H24FN3O2. The van der Waals surface area contributed by atoms with Crippen molar-refractivity contribution >= 4 is 11.9 Å². The van der Waals surface area contributed by atoms with Crippen molar-refractivity contribution < 1.29 is 14.0 Å². The maximum Gasteiger partial charge on any atom is 0.317 e. The molecule has 1 fully saturated rings. The molecule has 0 spiro atoms. The van der Waals surface area contributed by atoms with E-state index in [1.165, 1.54) is 19.1 Å². The van der Waals surface area contributed by atoms with E-state index in [1.54, 1.807) is 11.0 Å². The first-order chi connectivity index (χ1) is 11.0. The van der Waals surface area contributed by atoms with Crippen LogP contribution in [0.15, 0.2) is 24.3 Å². The Labute approximate surface area is 136 Å². The first kappa shape index (κ1) is 17.2. The fourth-order valence-corrected chi connectivity index (χ4v) is 2.95. The number of urea groups is 1. The van der Waals surface area contributed by atoms with Gasteiger partial charge < -0.3 is 15.5 Å². The summed E-state index contributed by atoms with van der Waals surface area (Å²) in [5, 5.41) is 5.57. The first-order valence-corrected chi connectivity index (χ1v) is 8.01. The van der Waals surface area contributed by atoms with Crippen LogP contribution in [-0.2, 0) is 4.79 Å². The molecule has 1 heterocycles. The standard InChI is InChI=1S/C17H24FN3O2/c1-12-9-16(14-5-3-6-15(18)10-14)21(11-12)17(23)20-8-4-7-19-13(2)22/h3,5-6,10,12,16H,4,7-9,11H2,1-2H3,(H,19,22)(H,20,23).